The summed E-state index contributed by atoms with van der Waals surface area (Å²) >= 11 is 0. The zero-order valence-corrected chi connectivity index (χ0v) is 25.6. The van der Waals surface area contributed by atoms with E-state index in [2.05, 4.69) is 22.3 Å². The molecular formula is C30H48N4O7. The Kier molecular flexibility index (Phi) is 14.9. The van der Waals surface area contributed by atoms with Crippen LogP contribution >= 0.6 is 0 Å². The highest BCUT2D eigenvalue weighted by molar-refractivity contribution is 5.93. The molecule has 0 aliphatic carbocycles. The number of methoxy groups -OCH3 is 1. The van der Waals surface area contributed by atoms with Gasteiger partial charge in [0.25, 0.3) is 0 Å². The molecule has 230 valence electrons. The van der Waals surface area contributed by atoms with Gasteiger partial charge < -0.3 is 30.7 Å². The van der Waals surface area contributed by atoms with E-state index < -0.39 is 47.5 Å². The van der Waals surface area contributed by atoms with Gasteiger partial charge in [-0.1, -0.05) is 50.8 Å². The van der Waals surface area contributed by atoms with Crippen molar-refractivity contribution in [3.05, 3.63) is 34.9 Å². The number of unbranched alkanes of at least 4 members (excludes halogenated alkanes) is 4. The summed E-state index contributed by atoms with van der Waals surface area (Å²) in [5.74, 6) is -2.42. The van der Waals surface area contributed by atoms with E-state index in [0.717, 1.165) is 36.8 Å². The number of nitrogens with two attached hydrogens (primary N) is 1. The van der Waals surface area contributed by atoms with Crippen molar-refractivity contribution in [3.63, 3.8) is 0 Å². The third-order valence-electron chi connectivity index (χ3n) is 6.50. The maximum atomic E-state index is 14.2. The molecule has 4 amide bonds. The Morgan fingerprint density at radius 2 is 1.66 bits per heavy atom. The van der Waals surface area contributed by atoms with Gasteiger partial charge in [-0.2, -0.15) is 0 Å². The van der Waals surface area contributed by atoms with E-state index in [-0.39, 0.29) is 25.9 Å². The van der Waals surface area contributed by atoms with Crippen molar-refractivity contribution < 1.29 is 33.4 Å². The van der Waals surface area contributed by atoms with Crippen molar-refractivity contribution in [2.75, 3.05) is 20.2 Å². The van der Waals surface area contributed by atoms with Gasteiger partial charge in [0.2, 0.25) is 17.7 Å². The topological polar surface area (TPSA) is 157 Å². The van der Waals surface area contributed by atoms with Gasteiger partial charge in [-0.15, -0.1) is 0 Å². The van der Waals surface area contributed by atoms with Crippen LogP contribution < -0.4 is 16.4 Å². The fourth-order valence-corrected chi connectivity index (χ4v) is 4.18. The minimum atomic E-state index is -1.18. The largest absolute Gasteiger partial charge is 0.468 e. The number of amides is 4. The SMILES string of the molecule is CCCCCCCN(C(=O)C(CCC(N)=O)NC(=O)OC(C)(C)C)C(C(=O)NCC(=O)OC)c1ccc(C)c(C)c1. The molecule has 0 heterocycles. The first-order chi connectivity index (χ1) is 19.2. The molecule has 0 spiro atoms. The number of carbonyl (C=O) groups is 5. The summed E-state index contributed by atoms with van der Waals surface area (Å²) in [4.78, 5) is 65.4. The maximum absolute atomic E-state index is 14.2. The van der Waals surface area contributed by atoms with Gasteiger partial charge in [-0.3, -0.25) is 19.2 Å². The van der Waals surface area contributed by atoms with Gasteiger partial charge in [-0.05, 0) is 64.2 Å². The number of aryl methyl sites for hydroxylation is 2. The van der Waals surface area contributed by atoms with E-state index in [9.17, 15) is 24.0 Å². The molecular weight excluding hydrogens is 528 g/mol. The number of esters is 1. The maximum Gasteiger partial charge on any atom is 0.408 e. The number of nitrogens with one attached hydrogen (secondary N) is 2. The van der Waals surface area contributed by atoms with Gasteiger partial charge in [-0.25, -0.2) is 4.79 Å². The second-order valence-electron chi connectivity index (χ2n) is 11.2. The third kappa shape index (κ3) is 13.1. The van der Waals surface area contributed by atoms with Crippen LogP contribution in [0.15, 0.2) is 18.2 Å². The van der Waals surface area contributed by atoms with E-state index in [1.807, 2.05) is 26.0 Å². The fraction of sp³-hybridized carbons (Fsp3) is 0.633. The molecule has 1 rings (SSSR count). The molecule has 2 atom stereocenters. The predicted molar refractivity (Wildman–Crippen MR) is 156 cm³/mol. The molecule has 11 heteroatoms. The first-order valence-corrected chi connectivity index (χ1v) is 14.2. The Balaban J connectivity index is 3.55. The molecule has 0 radical (unpaired) electrons. The molecule has 0 fully saturated rings. The lowest BCUT2D eigenvalue weighted by Crippen LogP contribution is -2.53. The molecule has 11 nitrogen and oxygen atoms in total. The van der Waals surface area contributed by atoms with Crippen LogP contribution in [0, 0.1) is 13.8 Å². The zero-order chi connectivity index (χ0) is 31.2. The summed E-state index contributed by atoms with van der Waals surface area (Å²) in [5.41, 5.74) is 7.02. The number of carbonyl (C=O) groups excluding carboxylic acids is 5. The van der Waals surface area contributed by atoms with Crippen molar-refractivity contribution >= 4 is 29.8 Å². The molecule has 2 unspecified atom stereocenters. The van der Waals surface area contributed by atoms with E-state index in [1.54, 1.807) is 26.8 Å². The van der Waals surface area contributed by atoms with Crippen LogP contribution in [0.5, 0.6) is 0 Å². The lowest BCUT2D eigenvalue weighted by Gasteiger charge is -2.34. The average molecular weight is 577 g/mol. The number of ether oxygens (including phenoxy) is 2. The molecule has 0 aromatic heterocycles. The Hall–Kier alpha value is -3.63. The van der Waals surface area contributed by atoms with Gasteiger partial charge in [0.15, 0.2) is 0 Å². The molecule has 41 heavy (non-hydrogen) atoms. The smallest absolute Gasteiger partial charge is 0.408 e. The first kappa shape index (κ1) is 35.4. The van der Waals surface area contributed by atoms with Crippen LogP contribution in [-0.4, -0.2) is 66.5 Å². The predicted octanol–water partition coefficient (Wildman–Crippen LogP) is 3.59. The number of rotatable bonds is 16. The third-order valence-corrected chi connectivity index (χ3v) is 6.50. The Labute approximate surface area is 243 Å². The van der Waals surface area contributed by atoms with E-state index in [0.29, 0.717) is 12.0 Å². The van der Waals surface area contributed by atoms with Gasteiger partial charge in [0.1, 0.15) is 24.2 Å². The van der Waals surface area contributed by atoms with Crippen LogP contribution in [0.3, 0.4) is 0 Å². The second-order valence-corrected chi connectivity index (χ2v) is 11.2. The molecule has 0 saturated carbocycles. The van der Waals surface area contributed by atoms with Crippen LogP contribution in [0.4, 0.5) is 4.79 Å². The van der Waals surface area contributed by atoms with E-state index in [4.69, 9.17) is 10.5 Å². The summed E-state index contributed by atoms with van der Waals surface area (Å²) in [6.07, 6.45) is 3.39. The molecule has 0 bridgehead atoms. The summed E-state index contributed by atoms with van der Waals surface area (Å²) in [7, 11) is 1.22. The second kappa shape index (κ2) is 17.2. The number of nitrogens with zero attached hydrogens (tertiary/aromatic N) is 1. The molecule has 0 aliphatic heterocycles. The monoisotopic (exact) mass is 576 g/mol. The number of benzene rings is 1. The lowest BCUT2D eigenvalue weighted by atomic mass is 9.97. The standard InChI is InChI=1S/C30H48N4O7/c1-8-9-10-11-12-17-34(28(38)23(15-16-24(31)35)33-29(39)41-30(4,5)6)26(27(37)32-19-25(36)40-7)22-14-13-20(2)21(3)18-22/h13-14,18,23,26H,8-12,15-17,19H2,1-7H3,(H2,31,35)(H,32,37)(H,33,39). The zero-order valence-electron chi connectivity index (χ0n) is 25.6. The Morgan fingerprint density at radius 1 is 1.00 bits per heavy atom. The average Bonchev–Trinajstić information content (AvgIpc) is 2.88. The van der Waals surface area contributed by atoms with Gasteiger partial charge in [0, 0.05) is 13.0 Å². The van der Waals surface area contributed by atoms with Gasteiger partial charge in [0.05, 0.1) is 7.11 Å². The highest BCUT2D eigenvalue weighted by Gasteiger charge is 2.36. The van der Waals surface area contributed by atoms with Crippen LogP contribution in [-0.2, 0) is 28.7 Å². The van der Waals surface area contributed by atoms with Crippen LogP contribution in [0.1, 0.15) is 95.4 Å². The summed E-state index contributed by atoms with van der Waals surface area (Å²) < 4.78 is 10.0. The molecule has 1 aromatic carbocycles. The number of hydrogen-bond donors (Lipinski definition) is 3. The molecule has 0 saturated heterocycles. The molecule has 4 N–H and O–H groups in total. The lowest BCUT2D eigenvalue weighted by molar-refractivity contribution is -0.145. The number of primary amides is 1. The van der Waals surface area contributed by atoms with Crippen LogP contribution in [0.2, 0.25) is 0 Å². The highest BCUT2D eigenvalue weighted by Crippen LogP contribution is 2.26. The van der Waals surface area contributed by atoms with Crippen LogP contribution in [0.25, 0.3) is 0 Å². The number of alkyl carbamates (subject to hydrolysis) is 1. The Morgan fingerprint density at radius 3 is 2.22 bits per heavy atom. The minimum absolute atomic E-state index is 0.0802. The first-order valence-electron chi connectivity index (χ1n) is 14.2. The van der Waals surface area contributed by atoms with Crippen molar-refractivity contribution in [2.45, 2.75) is 104 Å². The van der Waals surface area contributed by atoms with E-state index in [1.165, 1.54) is 12.0 Å². The quantitative estimate of drug-likeness (QED) is 0.200. The fourth-order valence-electron chi connectivity index (χ4n) is 4.18. The summed E-state index contributed by atoms with van der Waals surface area (Å²) in [6, 6.07) is 3.15. The summed E-state index contributed by atoms with van der Waals surface area (Å²) in [6.45, 7) is 10.8. The number of hydrogen-bond acceptors (Lipinski definition) is 7. The summed E-state index contributed by atoms with van der Waals surface area (Å²) in [5, 5.41) is 5.16. The Bertz CT molecular complexity index is 1050. The van der Waals surface area contributed by atoms with Crippen molar-refractivity contribution in [1.82, 2.24) is 15.5 Å². The normalized spacial score (nSPS) is 12.6. The molecule has 1 aromatic rings. The van der Waals surface area contributed by atoms with Crippen molar-refractivity contribution in [2.24, 2.45) is 5.73 Å². The van der Waals surface area contributed by atoms with E-state index >= 15 is 0 Å². The highest BCUT2D eigenvalue weighted by atomic mass is 16.6. The molecule has 0 aliphatic rings. The van der Waals surface area contributed by atoms with Crippen molar-refractivity contribution in [3.8, 4) is 0 Å². The van der Waals surface area contributed by atoms with Gasteiger partial charge >= 0.3 is 12.1 Å². The van der Waals surface area contributed by atoms with Crippen molar-refractivity contribution in [1.29, 1.82) is 0 Å². The minimum Gasteiger partial charge on any atom is -0.468 e.